The van der Waals surface area contributed by atoms with Gasteiger partial charge in [0.15, 0.2) is 0 Å². The Bertz CT molecular complexity index is 381. The van der Waals surface area contributed by atoms with Crippen LogP contribution in [0.4, 0.5) is 0 Å². The lowest BCUT2D eigenvalue weighted by Crippen LogP contribution is -2.36. The van der Waals surface area contributed by atoms with Gasteiger partial charge in [-0.2, -0.15) is 0 Å². The summed E-state index contributed by atoms with van der Waals surface area (Å²) in [5, 5.41) is 4.33. The van der Waals surface area contributed by atoms with Gasteiger partial charge in [-0.15, -0.1) is 0 Å². The van der Waals surface area contributed by atoms with Gasteiger partial charge in [0.1, 0.15) is 0 Å². The Morgan fingerprint density at radius 1 is 1.15 bits per heavy atom. The first kappa shape index (κ1) is 17.5. The fourth-order valence-corrected chi connectivity index (χ4v) is 2.27. The molecule has 0 amide bonds. The third-order valence-electron chi connectivity index (χ3n) is 3.61. The molecule has 1 rings (SSSR count). The Balaban J connectivity index is 2.28. The molecule has 0 spiro atoms. The minimum Gasteiger partial charge on any atom is -0.312 e. The second-order valence-corrected chi connectivity index (χ2v) is 7.03. The van der Waals surface area contributed by atoms with Gasteiger partial charge in [0.25, 0.3) is 0 Å². The van der Waals surface area contributed by atoms with Gasteiger partial charge in [0.2, 0.25) is 0 Å². The van der Waals surface area contributed by atoms with Gasteiger partial charge in [-0.05, 0) is 78.4 Å². The SMILES string of the molecule is CC(c1ccc(Cl)cc1)N(C)CCCCNC(C)(C)C. The highest BCUT2D eigenvalue weighted by Gasteiger charge is 2.11. The van der Waals surface area contributed by atoms with E-state index in [0.717, 1.165) is 18.1 Å². The first-order chi connectivity index (χ1) is 9.29. The van der Waals surface area contributed by atoms with Crippen molar-refractivity contribution in [2.45, 2.75) is 52.1 Å². The van der Waals surface area contributed by atoms with E-state index in [2.05, 4.69) is 57.1 Å². The maximum Gasteiger partial charge on any atom is 0.0406 e. The van der Waals surface area contributed by atoms with Crippen molar-refractivity contribution >= 4 is 11.6 Å². The molecule has 1 atom stereocenters. The van der Waals surface area contributed by atoms with E-state index in [-0.39, 0.29) is 5.54 Å². The van der Waals surface area contributed by atoms with Crippen LogP contribution in [0.3, 0.4) is 0 Å². The molecule has 0 bridgehead atoms. The van der Waals surface area contributed by atoms with Crippen LogP contribution in [0.5, 0.6) is 0 Å². The third-order valence-corrected chi connectivity index (χ3v) is 3.86. The van der Waals surface area contributed by atoms with E-state index in [9.17, 15) is 0 Å². The molecule has 0 heterocycles. The van der Waals surface area contributed by atoms with Crippen molar-refractivity contribution < 1.29 is 0 Å². The van der Waals surface area contributed by atoms with Crippen LogP contribution in [0.15, 0.2) is 24.3 Å². The van der Waals surface area contributed by atoms with Gasteiger partial charge >= 0.3 is 0 Å². The number of halogens is 1. The van der Waals surface area contributed by atoms with Crippen LogP contribution < -0.4 is 5.32 Å². The van der Waals surface area contributed by atoms with Crippen LogP contribution in [0.1, 0.15) is 52.1 Å². The minimum absolute atomic E-state index is 0.225. The maximum absolute atomic E-state index is 5.93. The molecule has 0 aromatic heterocycles. The lowest BCUT2D eigenvalue weighted by atomic mass is 10.1. The van der Waals surface area contributed by atoms with Crippen molar-refractivity contribution in [3.63, 3.8) is 0 Å². The first-order valence-electron chi connectivity index (χ1n) is 7.50. The molecule has 3 heteroatoms. The number of hydrogen-bond donors (Lipinski definition) is 1. The Hall–Kier alpha value is -0.570. The van der Waals surface area contributed by atoms with Gasteiger partial charge in [-0.25, -0.2) is 0 Å². The van der Waals surface area contributed by atoms with Gasteiger partial charge in [-0.3, -0.25) is 4.90 Å². The van der Waals surface area contributed by atoms with Gasteiger partial charge in [-0.1, -0.05) is 23.7 Å². The van der Waals surface area contributed by atoms with Crippen molar-refractivity contribution in [2.24, 2.45) is 0 Å². The number of unbranched alkanes of at least 4 members (excludes halogenated alkanes) is 1. The molecule has 0 saturated heterocycles. The standard InChI is InChI=1S/C17H29ClN2/c1-14(15-8-10-16(18)11-9-15)20(5)13-7-6-12-19-17(2,3)4/h8-11,14,19H,6-7,12-13H2,1-5H3. The Morgan fingerprint density at radius 3 is 2.30 bits per heavy atom. The van der Waals surface area contributed by atoms with Crippen LogP contribution in [0, 0.1) is 0 Å². The molecule has 0 aliphatic rings. The lowest BCUT2D eigenvalue weighted by Gasteiger charge is -2.25. The largest absolute Gasteiger partial charge is 0.312 e. The smallest absolute Gasteiger partial charge is 0.0406 e. The van der Waals surface area contributed by atoms with Gasteiger partial charge in [0.05, 0.1) is 0 Å². The summed E-state index contributed by atoms with van der Waals surface area (Å²) >= 11 is 5.93. The predicted octanol–water partition coefficient (Wildman–Crippen LogP) is 4.50. The monoisotopic (exact) mass is 296 g/mol. The van der Waals surface area contributed by atoms with Crippen LogP contribution in [-0.4, -0.2) is 30.6 Å². The summed E-state index contributed by atoms with van der Waals surface area (Å²) in [6.45, 7) is 11.1. The van der Waals surface area contributed by atoms with Crippen molar-refractivity contribution in [1.82, 2.24) is 10.2 Å². The summed E-state index contributed by atoms with van der Waals surface area (Å²) in [6, 6.07) is 8.60. The van der Waals surface area contributed by atoms with Gasteiger partial charge in [0, 0.05) is 16.6 Å². The van der Waals surface area contributed by atoms with Crippen LogP contribution in [-0.2, 0) is 0 Å². The molecule has 0 fully saturated rings. The zero-order valence-corrected chi connectivity index (χ0v) is 14.3. The maximum atomic E-state index is 5.93. The molecule has 2 nitrogen and oxygen atoms in total. The molecule has 1 N–H and O–H groups in total. The van der Waals surface area contributed by atoms with E-state index in [1.54, 1.807) is 0 Å². The summed E-state index contributed by atoms with van der Waals surface area (Å²) in [7, 11) is 2.19. The van der Waals surface area contributed by atoms with E-state index in [0.29, 0.717) is 6.04 Å². The highest BCUT2D eigenvalue weighted by Crippen LogP contribution is 2.20. The topological polar surface area (TPSA) is 15.3 Å². The molecular weight excluding hydrogens is 268 g/mol. The van der Waals surface area contributed by atoms with E-state index in [1.807, 2.05) is 12.1 Å². The summed E-state index contributed by atoms with van der Waals surface area (Å²) in [6.07, 6.45) is 2.44. The minimum atomic E-state index is 0.225. The molecule has 0 aliphatic carbocycles. The van der Waals surface area contributed by atoms with E-state index < -0.39 is 0 Å². The normalized spacial score (nSPS) is 13.8. The molecule has 1 aromatic carbocycles. The fraction of sp³-hybridized carbons (Fsp3) is 0.647. The van der Waals surface area contributed by atoms with Gasteiger partial charge < -0.3 is 5.32 Å². The molecule has 0 aliphatic heterocycles. The number of nitrogens with zero attached hydrogens (tertiary/aromatic N) is 1. The molecule has 114 valence electrons. The molecule has 1 unspecified atom stereocenters. The fourth-order valence-electron chi connectivity index (χ4n) is 2.14. The zero-order valence-electron chi connectivity index (χ0n) is 13.5. The number of nitrogens with one attached hydrogen (secondary N) is 1. The Kier molecular flexibility index (Phi) is 7.01. The summed E-state index contributed by atoms with van der Waals surface area (Å²) in [5.74, 6) is 0. The molecular formula is C17H29ClN2. The summed E-state index contributed by atoms with van der Waals surface area (Å²) < 4.78 is 0. The summed E-state index contributed by atoms with van der Waals surface area (Å²) in [5.41, 5.74) is 1.55. The average molecular weight is 297 g/mol. The van der Waals surface area contributed by atoms with Crippen LogP contribution in [0.25, 0.3) is 0 Å². The van der Waals surface area contributed by atoms with E-state index in [1.165, 1.54) is 18.4 Å². The van der Waals surface area contributed by atoms with Crippen molar-refractivity contribution in [1.29, 1.82) is 0 Å². The highest BCUT2D eigenvalue weighted by molar-refractivity contribution is 6.30. The molecule has 0 radical (unpaired) electrons. The highest BCUT2D eigenvalue weighted by atomic mass is 35.5. The van der Waals surface area contributed by atoms with Crippen LogP contribution in [0.2, 0.25) is 5.02 Å². The summed E-state index contributed by atoms with van der Waals surface area (Å²) in [4.78, 5) is 2.40. The molecule has 0 saturated carbocycles. The molecule has 1 aromatic rings. The number of hydrogen-bond acceptors (Lipinski definition) is 2. The second-order valence-electron chi connectivity index (χ2n) is 6.59. The first-order valence-corrected chi connectivity index (χ1v) is 7.88. The average Bonchev–Trinajstić information content (AvgIpc) is 2.37. The Morgan fingerprint density at radius 2 is 1.75 bits per heavy atom. The number of rotatable bonds is 7. The van der Waals surface area contributed by atoms with Crippen molar-refractivity contribution in [2.75, 3.05) is 20.1 Å². The van der Waals surface area contributed by atoms with Crippen molar-refractivity contribution in [3.05, 3.63) is 34.9 Å². The quantitative estimate of drug-likeness (QED) is 0.745. The van der Waals surface area contributed by atoms with Crippen LogP contribution >= 0.6 is 11.6 Å². The molecule has 20 heavy (non-hydrogen) atoms. The predicted molar refractivity (Wildman–Crippen MR) is 89.5 cm³/mol. The number of benzene rings is 1. The third kappa shape index (κ3) is 6.74. The van der Waals surface area contributed by atoms with E-state index in [4.69, 9.17) is 11.6 Å². The zero-order chi connectivity index (χ0) is 15.2. The van der Waals surface area contributed by atoms with E-state index >= 15 is 0 Å². The lowest BCUT2D eigenvalue weighted by molar-refractivity contribution is 0.254. The second kappa shape index (κ2) is 8.02. The Labute approximate surface area is 129 Å². The van der Waals surface area contributed by atoms with Crippen molar-refractivity contribution in [3.8, 4) is 0 Å².